The van der Waals surface area contributed by atoms with Gasteiger partial charge in [-0.15, -0.1) is 0 Å². The summed E-state index contributed by atoms with van der Waals surface area (Å²) in [5.41, 5.74) is 1.48. The van der Waals surface area contributed by atoms with Crippen LogP contribution in [0.5, 0.6) is 5.75 Å². The van der Waals surface area contributed by atoms with Gasteiger partial charge in [0.05, 0.1) is 7.11 Å². The summed E-state index contributed by atoms with van der Waals surface area (Å²) in [6.45, 7) is 4.97. The molecule has 1 aliphatic heterocycles. The SMILES string of the molecule is COc1ccccc1C[C@@H](C)NCC1(N(C)C)CCOCC1. The van der Waals surface area contributed by atoms with Crippen LogP contribution >= 0.6 is 0 Å². The van der Waals surface area contributed by atoms with Crippen LogP contribution in [0.4, 0.5) is 0 Å². The molecule has 4 heteroatoms. The fourth-order valence-electron chi connectivity index (χ4n) is 3.17. The molecule has 1 fully saturated rings. The zero-order valence-corrected chi connectivity index (χ0v) is 14.4. The van der Waals surface area contributed by atoms with E-state index in [-0.39, 0.29) is 5.54 Å². The topological polar surface area (TPSA) is 33.7 Å². The van der Waals surface area contributed by atoms with Crippen LogP contribution in [0.2, 0.25) is 0 Å². The normalized spacial score (nSPS) is 19.1. The highest BCUT2D eigenvalue weighted by Gasteiger charge is 2.34. The summed E-state index contributed by atoms with van der Waals surface area (Å²) in [5, 5.41) is 3.72. The zero-order chi connectivity index (χ0) is 16.0. The average Bonchev–Trinajstić information content (AvgIpc) is 2.54. The first-order valence-electron chi connectivity index (χ1n) is 8.18. The largest absolute Gasteiger partial charge is 0.496 e. The molecule has 1 saturated heterocycles. The molecule has 0 bridgehead atoms. The summed E-state index contributed by atoms with van der Waals surface area (Å²) in [6, 6.07) is 8.68. The molecule has 1 aromatic carbocycles. The molecule has 0 radical (unpaired) electrons. The van der Waals surface area contributed by atoms with Crippen LogP contribution in [0.1, 0.15) is 25.3 Å². The Morgan fingerprint density at radius 1 is 1.27 bits per heavy atom. The van der Waals surface area contributed by atoms with E-state index in [9.17, 15) is 0 Å². The quantitative estimate of drug-likeness (QED) is 0.838. The highest BCUT2D eigenvalue weighted by atomic mass is 16.5. The van der Waals surface area contributed by atoms with E-state index >= 15 is 0 Å². The lowest BCUT2D eigenvalue weighted by atomic mass is 9.88. The van der Waals surface area contributed by atoms with Crippen molar-refractivity contribution in [1.29, 1.82) is 0 Å². The van der Waals surface area contributed by atoms with E-state index in [2.05, 4.69) is 43.4 Å². The van der Waals surface area contributed by atoms with Crippen molar-refractivity contribution in [3.05, 3.63) is 29.8 Å². The minimum absolute atomic E-state index is 0.216. The van der Waals surface area contributed by atoms with Gasteiger partial charge in [0.15, 0.2) is 0 Å². The molecule has 1 heterocycles. The van der Waals surface area contributed by atoms with Crippen molar-refractivity contribution in [2.45, 2.75) is 37.8 Å². The molecule has 0 spiro atoms. The number of hydrogen-bond acceptors (Lipinski definition) is 4. The molecule has 0 aliphatic carbocycles. The molecule has 0 saturated carbocycles. The maximum atomic E-state index is 5.54. The Balaban J connectivity index is 1.92. The van der Waals surface area contributed by atoms with Crippen LogP contribution < -0.4 is 10.1 Å². The van der Waals surface area contributed by atoms with E-state index in [0.717, 1.165) is 44.8 Å². The molecule has 1 N–H and O–H groups in total. The highest BCUT2D eigenvalue weighted by Crippen LogP contribution is 2.25. The van der Waals surface area contributed by atoms with Gasteiger partial charge >= 0.3 is 0 Å². The molecule has 0 aromatic heterocycles. The van der Waals surface area contributed by atoms with Gasteiger partial charge in [0.1, 0.15) is 5.75 Å². The first kappa shape index (κ1) is 17.3. The van der Waals surface area contributed by atoms with E-state index in [0.29, 0.717) is 6.04 Å². The number of nitrogens with one attached hydrogen (secondary N) is 1. The van der Waals surface area contributed by atoms with E-state index < -0.39 is 0 Å². The Morgan fingerprint density at radius 3 is 2.59 bits per heavy atom. The van der Waals surface area contributed by atoms with Gasteiger partial charge < -0.3 is 19.7 Å². The number of methoxy groups -OCH3 is 1. The van der Waals surface area contributed by atoms with Gasteiger partial charge in [0.25, 0.3) is 0 Å². The molecule has 4 nitrogen and oxygen atoms in total. The summed E-state index contributed by atoms with van der Waals surface area (Å²) in [7, 11) is 6.09. The Hall–Kier alpha value is -1.10. The van der Waals surface area contributed by atoms with Crippen LogP contribution in [0, 0.1) is 0 Å². The van der Waals surface area contributed by atoms with Gasteiger partial charge in [-0.2, -0.15) is 0 Å². The number of para-hydroxylation sites is 1. The third-order valence-corrected chi connectivity index (χ3v) is 4.87. The zero-order valence-electron chi connectivity index (χ0n) is 14.4. The molecule has 1 aromatic rings. The fourth-order valence-corrected chi connectivity index (χ4v) is 3.17. The maximum Gasteiger partial charge on any atom is 0.122 e. The van der Waals surface area contributed by atoms with Gasteiger partial charge in [0, 0.05) is 31.3 Å². The first-order valence-corrected chi connectivity index (χ1v) is 8.18. The van der Waals surface area contributed by atoms with E-state index in [1.54, 1.807) is 7.11 Å². The van der Waals surface area contributed by atoms with Gasteiger partial charge in [-0.05, 0) is 51.9 Å². The standard InChI is InChI=1S/C18H30N2O2/c1-15(13-16-7-5-6-8-17(16)21-4)19-14-18(20(2)3)9-11-22-12-10-18/h5-8,15,19H,9-14H2,1-4H3/t15-/m1/s1. The Morgan fingerprint density at radius 2 is 1.95 bits per heavy atom. The summed E-state index contributed by atoms with van der Waals surface area (Å²) in [5.74, 6) is 0.976. The molecule has 0 unspecified atom stereocenters. The predicted octanol–water partition coefficient (Wildman–Crippen LogP) is 2.33. The number of likely N-dealkylation sites (N-methyl/N-ethyl adjacent to an activating group) is 1. The second-order valence-electron chi connectivity index (χ2n) is 6.53. The average molecular weight is 306 g/mol. The van der Waals surface area contributed by atoms with Crippen molar-refractivity contribution in [3.63, 3.8) is 0 Å². The lowest BCUT2D eigenvalue weighted by Crippen LogP contribution is -2.56. The molecule has 124 valence electrons. The second-order valence-corrected chi connectivity index (χ2v) is 6.53. The highest BCUT2D eigenvalue weighted by molar-refractivity contribution is 5.33. The van der Waals surface area contributed by atoms with Crippen molar-refractivity contribution in [2.75, 3.05) is 41.0 Å². The minimum atomic E-state index is 0.216. The van der Waals surface area contributed by atoms with Gasteiger partial charge in [-0.3, -0.25) is 0 Å². The van der Waals surface area contributed by atoms with Crippen LogP contribution in [0.15, 0.2) is 24.3 Å². The molecule has 0 amide bonds. The molecule has 2 rings (SSSR count). The van der Waals surface area contributed by atoms with Gasteiger partial charge in [0.2, 0.25) is 0 Å². The van der Waals surface area contributed by atoms with E-state index in [4.69, 9.17) is 9.47 Å². The summed E-state index contributed by atoms with van der Waals surface area (Å²) >= 11 is 0. The van der Waals surface area contributed by atoms with Crippen molar-refractivity contribution >= 4 is 0 Å². The number of benzene rings is 1. The number of rotatable bonds is 7. The molecule has 22 heavy (non-hydrogen) atoms. The van der Waals surface area contributed by atoms with Crippen LogP contribution in [0.25, 0.3) is 0 Å². The van der Waals surface area contributed by atoms with Crippen molar-refractivity contribution in [1.82, 2.24) is 10.2 Å². The molecular formula is C18H30N2O2. The first-order chi connectivity index (χ1) is 10.6. The third-order valence-electron chi connectivity index (χ3n) is 4.87. The van der Waals surface area contributed by atoms with E-state index in [1.807, 2.05) is 12.1 Å². The number of nitrogens with zero attached hydrogens (tertiary/aromatic N) is 1. The second kappa shape index (κ2) is 7.95. The van der Waals surface area contributed by atoms with Crippen molar-refractivity contribution in [3.8, 4) is 5.75 Å². The summed E-state index contributed by atoms with van der Waals surface area (Å²) in [4.78, 5) is 2.36. The fraction of sp³-hybridized carbons (Fsp3) is 0.667. The van der Waals surface area contributed by atoms with E-state index in [1.165, 1.54) is 5.56 Å². The third kappa shape index (κ3) is 4.22. The Kier molecular flexibility index (Phi) is 6.24. The lowest BCUT2D eigenvalue weighted by molar-refractivity contribution is -0.00803. The van der Waals surface area contributed by atoms with Gasteiger partial charge in [-0.25, -0.2) is 0 Å². The molecule has 1 atom stereocenters. The lowest BCUT2D eigenvalue weighted by Gasteiger charge is -2.43. The number of hydrogen-bond donors (Lipinski definition) is 1. The molecule has 1 aliphatic rings. The van der Waals surface area contributed by atoms with Gasteiger partial charge in [-0.1, -0.05) is 18.2 Å². The minimum Gasteiger partial charge on any atom is -0.496 e. The van der Waals surface area contributed by atoms with Crippen molar-refractivity contribution in [2.24, 2.45) is 0 Å². The monoisotopic (exact) mass is 306 g/mol. The molecular weight excluding hydrogens is 276 g/mol. The van der Waals surface area contributed by atoms with Crippen molar-refractivity contribution < 1.29 is 9.47 Å². The van der Waals surface area contributed by atoms with Crippen LogP contribution in [-0.2, 0) is 11.2 Å². The van der Waals surface area contributed by atoms with Crippen LogP contribution in [0.3, 0.4) is 0 Å². The smallest absolute Gasteiger partial charge is 0.122 e. The number of ether oxygens (including phenoxy) is 2. The Bertz CT molecular complexity index is 456. The maximum absolute atomic E-state index is 5.54. The summed E-state index contributed by atoms with van der Waals surface area (Å²) in [6.07, 6.45) is 3.16. The predicted molar refractivity (Wildman–Crippen MR) is 90.6 cm³/mol. The van der Waals surface area contributed by atoms with Crippen LogP contribution in [-0.4, -0.2) is 57.4 Å². The Labute approximate surface area is 134 Å². The summed E-state index contributed by atoms with van der Waals surface area (Å²) < 4.78 is 11.0.